The Kier molecular flexibility index (Phi) is 5.91. The molecule has 0 saturated carbocycles. The van der Waals surface area contributed by atoms with E-state index >= 15 is 0 Å². The summed E-state index contributed by atoms with van der Waals surface area (Å²) in [5.74, 6) is -0.608. The van der Waals surface area contributed by atoms with Gasteiger partial charge in [-0.3, -0.25) is 10.1 Å². The van der Waals surface area contributed by atoms with E-state index in [1.165, 1.54) is 20.0 Å². The molecule has 0 bridgehead atoms. The molecule has 1 atom stereocenters. The zero-order valence-electron chi connectivity index (χ0n) is 11.0. The Balaban J connectivity index is 2.84. The summed E-state index contributed by atoms with van der Waals surface area (Å²) in [6.45, 7) is 1.48. The van der Waals surface area contributed by atoms with Gasteiger partial charge in [0.1, 0.15) is 0 Å². The van der Waals surface area contributed by atoms with E-state index in [4.69, 9.17) is 11.6 Å². The molecule has 116 valence electrons. The number of urea groups is 1. The van der Waals surface area contributed by atoms with Gasteiger partial charge in [-0.2, -0.15) is 13.2 Å². The molecule has 2 N–H and O–H groups in total. The van der Waals surface area contributed by atoms with Crippen LogP contribution >= 0.6 is 23.4 Å². The van der Waals surface area contributed by atoms with Crippen LogP contribution < -0.4 is 10.6 Å². The molecule has 9 heteroatoms. The highest BCUT2D eigenvalue weighted by molar-refractivity contribution is 8.00. The zero-order chi connectivity index (χ0) is 16.2. The number of benzene rings is 1. The van der Waals surface area contributed by atoms with Crippen molar-refractivity contribution in [2.24, 2.45) is 0 Å². The van der Waals surface area contributed by atoms with Gasteiger partial charge < -0.3 is 5.32 Å². The summed E-state index contributed by atoms with van der Waals surface area (Å²) >= 11 is 6.40. The Hall–Kier alpha value is -1.41. The molecule has 0 saturated heterocycles. The van der Waals surface area contributed by atoms with Crippen molar-refractivity contribution in [2.45, 2.75) is 23.2 Å². The average Bonchev–Trinajstić information content (AvgIpc) is 2.39. The lowest BCUT2D eigenvalue weighted by atomic mass is 10.2. The lowest BCUT2D eigenvalue weighted by Gasteiger charge is -2.13. The number of rotatable bonds is 3. The van der Waals surface area contributed by atoms with Crippen LogP contribution in [-0.4, -0.2) is 24.2 Å². The molecule has 4 nitrogen and oxygen atoms in total. The minimum absolute atomic E-state index is 0.228. The second-order valence-electron chi connectivity index (χ2n) is 3.97. The van der Waals surface area contributed by atoms with Crippen molar-refractivity contribution in [3.8, 4) is 0 Å². The summed E-state index contributed by atoms with van der Waals surface area (Å²) in [6, 6.07) is 2.69. The normalized spacial score (nSPS) is 12.7. The van der Waals surface area contributed by atoms with Crippen LogP contribution in [0.2, 0.25) is 5.02 Å². The molecule has 0 aromatic heterocycles. The standard InChI is InChI=1S/C12H12ClF3N2O2S/c1-6(10(19)18-11(20)17-2)21-7-3-4-9(13)8(5-7)12(14,15)16/h3-6H,1-2H3,(H2,17,18,19,20). The monoisotopic (exact) mass is 340 g/mol. The molecule has 0 radical (unpaired) electrons. The molecule has 21 heavy (non-hydrogen) atoms. The molecule has 3 amide bonds. The maximum Gasteiger partial charge on any atom is 0.417 e. The van der Waals surface area contributed by atoms with Crippen LogP contribution in [0.4, 0.5) is 18.0 Å². The molecule has 0 heterocycles. The number of halogens is 4. The molecule has 1 unspecified atom stereocenters. The van der Waals surface area contributed by atoms with Crippen molar-refractivity contribution < 1.29 is 22.8 Å². The number of alkyl halides is 3. The van der Waals surface area contributed by atoms with Crippen molar-refractivity contribution in [2.75, 3.05) is 7.05 Å². The molecule has 1 aromatic carbocycles. The van der Waals surface area contributed by atoms with Gasteiger partial charge in [0.15, 0.2) is 0 Å². The molecule has 1 aromatic rings. The van der Waals surface area contributed by atoms with E-state index in [-0.39, 0.29) is 4.90 Å². The quantitative estimate of drug-likeness (QED) is 0.830. The van der Waals surface area contributed by atoms with Crippen LogP contribution in [0.15, 0.2) is 23.1 Å². The third-order valence-corrected chi connectivity index (χ3v) is 3.81. The molecule has 0 aliphatic rings. The number of imide groups is 1. The van der Waals surface area contributed by atoms with Gasteiger partial charge in [0.05, 0.1) is 15.8 Å². The first-order valence-corrected chi connectivity index (χ1v) is 6.97. The molecular weight excluding hydrogens is 329 g/mol. The summed E-state index contributed by atoms with van der Waals surface area (Å²) in [4.78, 5) is 22.8. The number of carbonyl (C=O) groups excluding carboxylic acids is 2. The highest BCUT2D eigenvalue weighted by atomic mass is 35.5. The molecule has 0 aliphatic carbocycles. The van der Waals surface area contributed by atoms with Gasteiger partial charge in [-0.1, -0.05) is 11.6 Å². The molecule has 0 aliphatic heterocycles. The largest absolute Gasteiger partial charge is 0.417 e. The fourth-order valence-corrected chi connectivity index (χ4v) is 2.46. The van der Waals surface area contributed by atoms with Gasteiger partial charge in [-0.05, 0) is 25.1 Å². The maximum atomic E-state index is 12.7. The van der Waals surface area contributed by atoms with Gasteiger partial charge in [0, 0.05) is 11.9 Å². The summed E-state index contributed by atoms with van der Waals surface area (Å²) in [6.07, 6.45) is -4.57. The van der Waals surface area contributed by atoms with Crippen molar-refractivity contribution in [3.05, 3.63) is 28.8 Å². The number of carbonyl (C=O) groups is 2. The number of thioether (sulfide) groups is 1. The third-order valence-electron chi connectivity index (χ3n) is 2.39. The van der Waals surface area contributed by atoms with E-state index in [0.29, 0.717) is 0 Å². The van der Waals surface area contributed by atoms with Crippen molar-refractivity contribution in [3.63, 3.8) is 0 Å². The predicted molar refractivity (Wildman–Crippen MR) is 74.4 cm³/mol. The Morgan fingerprint density at radius 2 is 1.95 bits per heavy atom. The van der Waals surface area contributed by atoms with Gasteiger partial charge in [0.2, 0.25) is 5.91 Å². The topological polar surface area (TPSA) is 58.2 Å². The van der Waals surface area contributed by atoms with Crippen LogP contribution in [0.3, 0.4) is 0 Å². The lowest BCUT2D eigenvalue weighted by molar-refractivity contribution is -0.137. The summed E-state index contributed by atoms with van der Waals surface area (Å²) < 4.78 is 38.1. The molecule has 0 spiro atoms. The van der Waals surface area contributed by atoms with Gasteiger partial charge in [-0.25, -0.2) is 4.79 Å². The van der Waals surface area contributed by atoms with Gasteiger partial charge in [0.25, 0.3) is 0 Å². The highest BCUT2D eigenvalue weighted by Crippen LogP contribution is 2.37. The van der Waals surface area contributed by atoms with Gasteiger partial charge in [-0.15, -0.1) is 11.8 Å². The third kappa shape index (κ3) is 5.13. The second kappa shape index (κ2) is 7.04. The number of hydrogen-bond donors (Lipinski definition) is 2. The summed E-state index contributed by atoms with van der Waals surface area (Å²) in [5.41, 5.74) is -0.965. The Morgan fingerprint density at radius 3 is 2.48 bits per heavy atom. The summed E-state index contributed by atoms with van der Waals surface area (Å²) in [7, 11) is 1.34. The van der Waals surface area contributed by atoms with Crippen LogP contribution in [0.1, 0.15) is 12.5 Å². The Labute approximate surface area is 128 Å². The first-order chi connectivity index (χ1) is 9.65. The van der Waals surface area contributed by atoms with E-state index in [1.54, 1.807) is 0 Å². The van der Waals surface area contributed by atoms with Crippen molar-refractivity contribution in [1.29, 1.82) is 0 Å². The molecular formula is C12H12ClF3N2O2S. The van der Waals surface area contributed by atoms with Crippen molar-refractivity contribution >= 4 is 35.3 Å². The first kappa shape index (κ1) is 17.6. The maximum absolute atomic E-state index is 12.7. The second-order valence-corrected chi connectivity index (χ2v) is 5.79. The minimum Gasteiger partial charge on any atom is -0.341 e. The van der Waals surface area contributed by atoms with Crippen molar-refractivity contribution in [1.82, 2.24) is 10.6 Å². The molecule has 1 rings (SSSR count). The summed E-state index contributed by atoms with van der Waals surface area (Å²) in [5, 5.41) is 3.10. The number of amides is 3. The predicted octanol–water partition coefficient (Wildman–Crippen LogP) is 3.30. The Morgan fingerprint density at radius 1 is 1.33 bits per heavy atom. The van der Waals surface area contributed by atoms with Crippen LogP contribution in [0.25, 0.3) is 0 Å². The zero-order valence-corrected chi connectivity index (χ0v) is 12.6. The highest BCUT2D eigenvalue weighted by Gasteiger charge is 2.33. The average molecular weight is 341 g/mol. The first-order valence-electron chi connectivity index (χ1n) is 5.71. The fraction of sp³-hybridized carbons (Fsp3) is 0.333. The van der Waals surface area contributed by atoms with E-state index in [0.717, 1.165) is 23.9 Å². The van der Waals surface area contributed by atoms with Crippen LogP contribution in [-0.2, 0) is 11.0 Å². The van der Waals surface area contributed by atoms with Crippen LogP contribution in [0, 0.1) is 0 Å². The molecule has 0 fully saturated rings. The van der Waals surface area contributed by atoms with E-state index < -0.39 is 34.0 Å². The fourth-order valence-electron chi connectivity index (χ4n) is 1.33. The number of hydrogen-bond acceptors (Lipinski definition) is 3. The van der Waals surface area contributed by atoms with Gasteiger partial charge >= 0.3 is 12.2 Å². The SMILES string of the molecule is CNC(=O)NC(=O)C(C)Sc1ccc(Cl)c(C(F)(F)F)c1. The minimum atomic E-state index is -4.57. The van der Waals surface area contributed by atoms with E-state index in [2.05, 4.69) is 5.32 Å². The smallest absolute Gasteiger partial charge is 0.341 e. The lowest BCUT2D eigenvalue weighted by Crippen LogP contribution is -2.41. The van der Waals surface area contributed by atoms with E-state index in [9.17, 15) is 22.8 Å². The number of nitrogens with one attached hydrogen (secondary N) is 2. The Bertz CT molecular complexity index is 552. The van der Waals surface area contributed by atoms with E-state index in [1.807, 2.05) is 5.32 Å². The van der Waals surface area contributed by atoms with Crippen LogP contribution in [0.5, 0.6) is 0 Å².